The number of aliphatic hydroxyl groups excluding tert-OH is 1. The fraction of sp³-hybridized carbons (Fsp3) is 0.429. The van der Waals surface area contributed by atoms with Crippen LogP contribution in [0.2, 0.25) is 5.02 Å². The maximum absolute atomic E-state index is 9.40. The molecule has 1 aromatic carbocycles. The first-order valence-electron chi connectivity index (χ1n) is 6.16. The fourth-order valence-electron chi connectivity index (χ4n) is 2.18. The first-order valence-corrected chi connectivity index (χ1v) is 6.54. The van der Waals surface area contributed by atoms with Crippen molar-refractivity contribution < 1.29 is 5.11 Å². The number of hydrogen-bond donors (Lipinski definition) is 1. The number of hydrogen-bond acceptors (Lipinski definition) is 3. The summed E-state index contributed by atoms with van der Waals surface area (Å²) in [6, 6.07) is 5.77. The smallest absolute Gasteiger partial charge is 0.164 e. The van der Waals surface area contributed by atoms with Crippen LogP contribution in [0.4, 0.5) is 0 Å². The van der Waals surface area contributed by atoms with Gasteiger partial charge in [0.15, 0.2) is 11.6 Å². The van der Waals surface area contributed by atoms with Crippen LogP contribution in [0.25, 0.3) is 11.4 Å². The Morgan fingerprint density at radius 2 is 1.89 bits per heavy atom. The minimum absolute atomic E-state index is 0.135. The third-order valence-corrected chi connectivity index (χ3v) is 3.06. The molecule has 0 bridgehead atoms. The van der Waals surface area contributed by atoms with E-state index in [4.69, 9.17) is 11.6 Å². The number of benzene rings is 1. The van der Waals surface area contributed by atoms with Crippen molar-refractivity contribution in [1.29, 1.82) is 0 Å². The average molecular weight is 280 g/mol. The van der Waals surface area contributed by atoms with Crippen LogP contribution in [0.3, 0.4) is 0 Å². The van der Waals surface area contributed by atoms with Crippen molar-refractivity contribution in [3.05, 3.63) is 34.6 Å². The highest BCUT2D eigenvalue weighted by molar-refractivity contribution is 6.30. The quantitative estimate of drug-likeness (QED) is 0.919. The summed E-state index contributed by atoms with van der Waals surface area (Å²) in [4.78, 5) is 0. The Bertz CT molecular complexity index is 579. The van der Waals surface area contributed by atoms with Crippen LogP contribution in [0.1, 0.15) is 32.2 Å². The maximum Gasteiger partial charge on any atom is 0.164 e. The number of aliphatic hydroxyl groups is 1. The number of aromatic nitrogens is 3. The minimum atomic E-state index is -0.215. The number of aryl methyl sites for hydroxylation is 1. The second-order valence-corrected chi connectivity index (χ2v) is 6.06. The lowest BCUT2D eigenvalue weighted by Gasteiger charge is -2.24. The zero-order chi connectivity index (χ0) is 14.2. The second kappa shape index (κ2) is 4.94. The van der Waals surface area contributed by atoms with Gasteiger partial charge < -0.3 is 9.67 Å². The van der Waals surface area contributed by atoms with Gasteiger partial charge in [0, 0.05) is 16.1 Å². The van der Waals surface area contributed by atoms with E-state index in [1.165, 1.54) is 0 Å². The van der Waals surface area contributed by atoms with Gasteiger partial charge in [-0.05, 0) is 51.5 Å². The molecule has 1 heterocycles. The van der Waals surface area contributed by atoms with E-state index in [2.05, 4.69) is 31.0 Å². The van der Waals surface area contributed by atoms with E-state index in [9.17, 15) is 5.11 Å². The van der Waals surface area contributed by atoms with E-state index >= 15 is 0 Å². The molecule has 0 aliphatic rings. The molecule has 0 spiro atoms. The fourth-order valence-corrected chi connectivity index (χ4v) is 2.47. The predicted molar refractivity (Wildman–Crippen MR) is 76.1 cm³/mol. The van der Waals surface area contributed by atoms with Gasteiger partial charge in [0.05, 0.1) is 0 Å². The van der Waals surface area contributed by atoms with Crippen molar-refractivity contribution in [2.45, 2.75) is 39.8 Å². The largest absolute Gasteiger partial charge is 0.388 e. The van der Waals surface area contributed by atoms with E-state index in [-0.39, 0.29) is 12.1 Å². The molecule has 0 saturated heterocycles. The zero-order valence-electron chi connectivity index (χ0n) is 11.6. The normalized spacial score (nSPS) is 11.9. The summed E-state index contributed by atoms with van der Waals surface area (Å²) in [6.45, 7) is 8.01. The Hall–Kier alpha value is -1.39. The van der Waals surface area contributed by atoms with Crippen molar-refractivity contribution in [2.75, 3.05) is 0 Å². The molecule has 0 aliphatic carbocycles. The standard InChI is InChI=1S/C14H18ClN3O/c1-9-5-10(7-11(15)6-9)13-17-16-12(8-19)18(13)14(2,3)4/h5-7,19H,8H2,1-4H3. The van der Waals surface area contributed by atoms with Crippen LogP contribution in [-0.4, -0.2) is 19.9 Å². The van der Waals surface area contributed by atoms with Gasteiger partial charge in [-0.2, -0.15) is 0 Å². The van der Waals surface area contributed by atoms with Crippen LogP contribution in [0, 0.1) is 6.92 Å². The topological polar surface area (TPSA) is 50.9 Å². The van der Waals surface area contributed by atoms with Gasteiger partial charge in [-0.3, -0.25) is 0 Å². The second-order valence-electron chi connectivity index (χ2n) is 5.62. The SMILES string of the molecule is Cc1cc(Cl)cc(-c2nnc(CO)n2C(C)(C)C)c1. The molecule has 19 heavy (non-hydrogen) atoms. The molecule has 2 aromatic rings. The summed E-state index contributed by atoms with van der Waals surface area (Å²) in [5, 5.41) is 18.3. The Morgan fingerprint density at radius 3 is 2.42 bits per heavy atom. The lowest BCUT2D eigenvalue weighted by atomic mass is 10.1. The molecule has 5 heteroatoms. The van der Waals surface area contributed by atoms with Gasteiger partial charge in [0.25, 0.3) is 0 Å². The molecule has 0 amide bonds. The number of rotatable bonds is 2. The Kier molecular flexibility index (Phi) is 3.65. The average Bonchev–Trinajstić information content (AvgIpc) is 2.70. The lowest BCUT2D eigenvalue weighted by molar-refractivity contribution is 0.250. The van der Waals surface area contributed by atoms with Crippen molar-refractivity contribution in [2.24, 2.45) is 0 Å². The Morgan fingerprint density at radius 1 is 1.21 bits per heavy atom. The van der Waals surface area contributed by atoms with Gasteiger partial charge in [-0.1, -0.05) is 11.6 Å². The Labute approximate surface area is 118 Å². The predicted octanol–water partition coefficient (Wildman–Crippen LogP) is 3.15. The molecule has 4 nitrogen and oxygen atoms in total. The van der Waals surface area contributed by atoms with E-state index < -0.39 is 0 Å². The molecule has 0 radical (unpaired) electrons. The monoisotopic (exact) mass is 279 g/mol. The molecule has 0 atom stereocenters. The van der Waals surface area contributed by atoms with E-state index in [1.807, 2.05) is 29.7 Å². The summed E-state index contributed by atoms with van der Waals surface area (Å²) < 4.78 is 1.94. The minimum Gasteiger partial charge on any atom is -0.388 e. The highest BCUT2D eigenvalue weighted by Gasteiger charge is 2.23. The first kappa shape index (κ1) is 14.0. The molecule has 0 unspecified atom stereocenters. The van der Waals surface area contributed by atoms with Crippen molar-refractivity contribution >= 4 is 11.6 Å². The van der Waals surface area contributed by atoms with E-state index in [0.29, 0.717) is 10.8 Å². The first-order chi connectivity index (χ1) is 8.82. The third kappa shape index (κ3) is 2.80. The molecule has 1 N–H and O–H groups in total. The zero-order valence-corrected chi connectivity index (χ0v) is 12.4. The van der Waals surface area contributed by atoms with Crippen LogP contribution in [0.15, 0.2) is 18.2 Å². The van der Waals surface area contributed by atoms with Crippen molar-refractivity contribution in [3.8, 4) is 11.4 Å². The molecule has 1 aromatic heterocycles. The molecule has 102 valence electrons. The molecule has 0 fully saturated rings. The van der Waals surface area contributed by atoms with E-state index in [1.54, 1.807) is 0 Å². The van der Waals surface area contributed by atoms with Crippen LogP contribution < -0.4 is 0 Å². The molecule has 0 aliphatic heterocycles. The van der Waals surface area contributed by atoms with Crippen LogP contribution in [-0.2, 0) is 12.1 Å². The van der Waals surface area contributed by atoms with Crippen molar-refractivity contribution in [1.82, 2.24) is 14.8 Å². The van der Waals surface area contributed by atoms with Crippen LogP contribution >= 0.6 is 11.6 Å². The number of nitrogens with zero attached hydrogens (tertiary/aromatic N) is 3. The number of halogens is 1. The molecular weight excluding hydrogens is 262 g/mol. The van der Waals surface area contributed by atoms with Gasteiger partial charge in [0.2, 0.25) is 0 Å². The summed E-state index contributed by atoms with van der Waals surface area (Å²) in [5.74, 6) is 1.28. The maximum atomic E-state index is 9.40. The van der Waals surface area contributed by atoms with Crippen LogP contribution in [0.5, 0.6) is 0 Å². The van der Waals surface area contributed by atoms with Gasteiger partial charge >= 0.3 is 0 Å². The van der Waals surface area contributed by atoms with Crippen molar-refractivity contribution in [3.63, 3.8) is 0 Å². The molecule has 0 saturated carbocycles. The summed E-state index contributed by atoms with van der Waals surface area (Å²) in [7, 11) is 0. The van der Waals surface area contributed by atoms with Gasteiger partial charge in [-0.25, -0.2) is 0 Å². The molecule has 2 rings (SSSR count). The van der Waals surface area contributed by atoms with Gasteiger partial charge in [0.1, 0.15) is 6.61 Å². The highest BCUT2D eigenvalue weighted by Crippen LogP contribution is 2.28. The summed E-state index contributed by atoms with van der Waals surface area (Å²) in [5.41, 5.74) is 1.76. The summed E-state index contributed by atoms with van der Waals surface area (Å²) in [6.07, 6.45) is 0. The summed E-state index contributed by atoms with van der Waals surface area (Å²) >= 11 is 6.10. The molecular formula is C14H18ClN3O. The Balaban J connectivity index is 2.66. The van der Waals surface area contributed by atoms with Gasteiger partial charge in [-0.15, -0.1) is 10.2 Å². The lowest BCUT2D eigenvalue weighted by Crippen LogP contribution is -2.25. The third-order valence-electron chi connectivity index (χ3n) is 2.84. The van der Waals surface area contributed by atoms with E-state index in [0.717, 1.165) is 17.0 Å². The highest BCUT2D eigenvalue weighted by atomic mass is 35.5.